The van der Waals surface area contributed by atoms with Gasteiger partial charge >= 0.3 is 0 Å². The minimum Gasteiger partial charge on any atom is -1.00 e. The van der Waals surface area contributed by atoms with E-state index in [-0.39, 0.29) is 17.0 Å². The molecule has 0 saturated heterocycles. The lowest BCUT2D eigenvalue weighted by atomic mass is 10.4. The smallest absolute Gasteiger partial charge is 0.113 e. The monoisotopic (exact) mass is 413 g/mol. The van der Waals surface area contributed by atoms with Crippen molar-refractivity contribution in [3.05, 3.63) is 91.0 Å². The van der Waals surface area contributed by atoms with Crippen LogP contribution in [0.2, 0.25) is 0 Å². The first kappa shape index (κ1) is 19.8. The van der Waals surface area contributed by atoms with Gasteiger partial charge in [0.05, 0.1) is 6.16 Å². The van der Waals surface area contributed by atoms with E-state index in [1.54, 1.807) is 0 Å². The van der Waals surface area contributed by atoms with Crippen molar-refractivity contribution < 1.29 is 17.0 Å². The lowest BCUT2D eigenvalue weighted by Gasteiger charge is -2.27. The third-order valence-corrected chi connectivity index (χ3v) is 8.90. The van der Waals surface area contributed by atoms with E-state index < -0.39 is 7.26 Å². The van der Waals surface area contributed by atoms with Gasteiger partial charge in [0.2, 0.25) is 0 Å². The minimum atomic E-state index is -1.65. The number of nitrogens with one attached hydrogen (secondary N) is 1. The van der Waals surface area contributed by atoms with Crippen molar-refractivity contribution in [1.82, 2.24) is 5.32 Å². The zero-order valence-corrected chi connectivity index (χ0v) is 17.1. The van der Waals surface area contributed by atoms with Crippen molar-refractivity contribution in [2.24, 2.45) is 0 Å². The maximum atomic E-state index is 3.54. The van der Waals surface area contributed by atoms with Crippen LogP contribution < -0.4 is 38.2 Å². The summed E-state index contributed by atoms with van der Waals surface area (Å²) in [5.41, 5.74) is 0. The van der Waals surface area contributed by atoms with E-state index in [2.05, 4.69) is 103 Å². The van der Waals surface area contributed by atoms with Crippen LogP contribution in [0.5, 0.6) is 0 Å². The summed E-state index contributed by atoms with van der Waals surface area (Å²) in [4.78, 5) is 0. The van der Waals surface area contributed by atoms with Gasteiger partial charge in [-0.15, -0.1) is 0 Å². The molecule has 1 N–H and O–H groups in total. The molecule has 0 aliphatic carbocycles. The Balaban J connectivity index is 0.00000225. The molecule has 0 heterocycles. The highest BCUT2D eigenvalue weighted by Crippen LogP contribution is 2.54. The summed E-state index contributed by atoms with van der Waals surface area (Å²) in [5, 5.41) is 7.92. The summed E-state index contributed by atoms with van der Waals surface area (Å²) in [6.07, 6.45) is 1.14. The molecule has 0 atom stereocenters. The molecule has 1 nitrogen and oxygen atoms in total. The fourth-order valence-corrected chi connectivity index (χ4v) is 7.51. The van der Waals surface area contributed by atoms with E-state index in [1.165, 1.54) is 15.9 Å². The lowest BCUT2D eigenvalue weighted by Crippen LogP contribution is -3.00. The molecule has 0 amide bonds. The van der Waals surface area contributed by atoms with Gasteiger partial charge in [-0.1, -0.05) is 61.5 Å². The third kappa shape index (κ3) is 4.39. The molecule has 0 bridgehead atoms. The maximum absolute atomic E-state index is 3.54. The van der Waals surface area contributed by atoms with Crippen LogP contribution in [0.4, 0.5) is 0 Å². The largest absolute Gasteiger partial charge is 1.00 e. The first-order chi connectivity index (χ1) is 11.9. The van der Waals surface area contributed by atoms with Crippen LogP contribution in [0, 0.1) is 0 Å². The molecule has 0 radical (unpaired) electrons. The second-order valence-electron chi connectivity index (χ2n) is 5.89. The van der Waals surface area contributed by atoms with Crippen LogP contribution in [-0.2, 0) is 0 Å². The topological polar surface area (TPSA) is 12.0 Å². The first-order valence-electron chi connectivity index (χ1n) is 8.63. The quantitative estimate of drug-likeness (QED) is 0.441. The van der Waals surface area contributed by atoms with Gasteiger partial charge in [-0.05, 0) is 42.9 Å². The summed E-state index contributed by atoms with van der Waals surface area (Å²) in [7, 11) is -1.65. The van der Waals surface area contributed by atoms with Gasteiger partial charge in [0.25, 0.3) is 0 Å². The van der Waals surface area contributed by atoms with E-state index in [0.717, 1.165) is 19.3 Å². The number of hydrogen-bond donors (Lipinski definition) is 1. The fourth-order valence-electron chi connectivity index (χ4n) is 3.31. The molecule has 130 valence electrons. The molecule has 3 heteroatoms. The Morgan fingerprint density at radius 2 is 1.00 bits per heavy atom. The molecule has 0 fully saturated rings. The summed E-state index contributed by atoms with van der Waals surface area (Å²) in [6, 6.07) is 33.2. The van der Waals surface area contributed by atoms with Crippen LogP contribution in [0.3, 0.4) is 0 Å². The Hall–Kier alpha value is -1.47. The summed E-state index contributed by atoms with van der Waals surface area (Å²) < 4.78 is 0. The molecule has 0 saturated carbocycles. The van der Waals surface area contributed by atoms with Gasteiger partial charge in [0.1, 0.15) is 23.2 Å². The van der Waals surface area contributed by atoms with Gasteiger partial charge < -0.3 is 22.3 Å². The van der Waals surface area contributed by atoms with Crippen molar-refractivity contribution in [1.29, 1.82) is 0 Å². The fraction of sp³-hybridized carbons (Fsp3) is 0.182. The highest BCUT2D eigenvalue weighted by molar-refractivity contribution is 7.95. The Kier molecular flexibility index (Phi) is 7.84. The van der Waals surface area contributed by atoms with Crippen LogP contribution in [0.25, 0.3) is 0 Å². The normalized spacial score (nSPS) is 10.9. The van der Waals surface area contributed by atoms with Gasteiger partial charge in [-0.2, -0.15) is 0 Å². The van der Waals surface area contributed by atoms with Gasteiger partial charge in [-0.25, -0.2) is 0 Å². The SMILES string of the molecule is CCNCC[P+](c1ccccc1)(c1ccccc1)c1ccccc1.[Br-]. The average Bonchev–Trinajstić information content (AvgIpc) is 2.68. The highest BCUT2D eigenvalue weighted by atomic mass is 79.9. The molecule has 3 aromatic rings. The van der Waals surface area contributed by atoms with Crippen LogP contribution in [0.15, 0.2) is 91.0 Å². The predicted octanol–water partition coefficient (Wildman–Crippen LogP) is 0.594. The van der Waals surface area contributed by atoms with Crippen LogP contribution in [-0.4, -0.2) is 19.3 Å². The Bertz CT molecular complexity index is 635. The van der Waals surface area contributed by atoms with Crippen molar-refractivity contribution >= 4 is 23.2 Å². The van der Waals surface area contributed by atoms with Gasteiger partial charge in [0.15, 0.2) is 0 Å². The minimum absolute atomic E-state index is 0. The maximum Gasteiger partial charge on any atom is 0.113 e. The Labute approximate surface area is 162 Å². The molecular formula is C22H25BrNP. The number of hydrogen-bond acceptors (Lipinski definition) is 1. The standard InChI is InChI=1S/C22H25NP.BrH/c1-2-23-18-19-24(20-12-6-3-7-13-20,21-14-8-4-9-15-21)22-16-10-5-11-17-22;/h3-17,23H,2,18-19H2,1H3;1H/q+1;/p-1. The van der Waals surface area contributed by atoms with Crippen molar-refractivity contribution in [2.45, 2.75) is 6.92 Å². The number of halogens is 1. The van der Waals surface area contributed by atoms with E-state index in [9.17, 15) is 0 Å². The molecular weight excluding hydrogens is 389 g/mol. The first-order valence-corrected chi connectivity index (χ1v) is 10.6. The molecule has 0 aliphatic rings. The van der Waals surface area contributed by atoms with Crippen LogP contribution >= 0.6 is 7.26 Å². The molecule has 0 spiro atoms. The van der Waals surface area contributed by atoms with E-state index >= 15 is 0 Å². The summed E-state index contributed by atoms with van der Waals surface area (Å²) >= 11 is 0. The highest BCUT2D eigenvalue weighted by Gasteiger charge is 2.44. The van der Waals surface area contributed by atoms with E-state index in [4.69, 9.17) is 0 Å². The van der Waals surface area contributed by atoms with Crippen molar-refractivity contribution in [3.63, 3.8) is 0 Å². The van der Waals surface area contributed by atoms with Gasteiger partial charge in [0, 0.05) is 6.54 Å². The molecule has 3 aromatic carbocycles. The van der Waals surface area contributed by atoms with Crippen molar-refractivity contribution in [2.75, 3.05) is 19.3 Å². The Morgan fingerprint density at radius 3 is 1.32 bits per heavy atom. The molecule has 0 unspecified atom stereocenters. The third-order valence-electron chi connectivity index (χ3n) is 4.46. The number of benzene rings is 3. The second kappa shape index (κ2) is 9.87. The molecule has 0 aromatic heterocycles. The van der Waals surface area contributed by atoms with E-state index in [0.29, 0.717) is 0 Å². The average molecular weight is 414 g/mol. The lowest BCUT2D eigenvalue weighted by molar-refractivity contribution is -0.00000479. The molecule has 25 heavy (non-hydrogen) atoms. The Morgan fingerprint density at radius 1 is 0.640 bits per heavy atom. The number of rotatable bonds is 7. The predicted molar refractivity (Wildman–Crippen MR) is 109 cm³/mol. The van der Waals surface area contributed by atoms with Crippen LogP contribution in [0.1, 0.15) is 6.92 Å². The van der Waals surface area contributed by atoms with E-state index in [1.807, 2.05) is 0 Å². The zero-order chi connectivity index (χ0) is 16.7. The summed E-state index contributed by atoms with van der Waals surface area (Å²) in [6.45, 7) is 4.22. The zero-order valence-electron chi connectivity index (χ0n) is 14.6. The van der Waals surface area contributed by atoms with Crippen molar-refractivity contribution in [3.8, 4) is 0 Å². The van der Waals surface area contributed by atoms with Gasteiger partial charge in [-0.3, -0.25) is 0 Å². The summed E-state index contributed by atoms with van der Waals surface area (Å²) in [5.74, 6) is 0. The molecule has 0 aliphatic heterocycles. The second-order valence-corrected chi connectivity index (χ2v) is 9.51. The molecule has 3 rings (SSSR count).